The van der Waals surface area contributed by atoms with Crippen LogP contribution in [-0.2, 0) is 0 Å². The van der Waals surface area contributed by atoms with Crippen LogP contribution in [0.3, 0.4) is 0 Å². The zero-order valence-corrected chi connectivity index (χ0v) is 26.0. The van der Waals surface area contributed by atoms with E-state index in [1.54, 1.807) is 0 Å². The molecule has 0 radical (unpaired) electrons. The van der Waals surface area contributed by atoms with Crippen molar-refractivity contribution < 1.29 is 0 Å². The molecule has 0 atom stereocenters. The molecule has 4 heteroatoms. The Morgan fingerprint density at radius 1 is 0.319 bits per heavy atom. The van der Waals surface area contributed by atoms with E-state index in [1.807, 2.05) is 47.7 Å². The Hall–Kier alpha value is -5.97. The Morgan fingerprint density at radius 2 is 0.766 bits per heavy atom. The molecule has 0 fully saturated rings. The molecule has 10 rings (SSSR count). The number of aromatic nitrogens is 3. The maximum absolute atomic E-state index is 5.11. The van der Waals surface area contributed by atoms with Crippen molar-refractivity contribution in [2.75, 3.05) is 0 Å². The summed E-state index contributed by atoms with van der Waals surface area (Å²) in [6, 6.07) is 53.7. The number of hydrogen-bond acceptors (Lipinski definition) is 4. The molecule has 0 N–H and O–H groups in total. The van der Waals surface area contributed by atoms with Crippen molar-refractivity contribution >= 4 is 74.6 Å². The molecule has 0 amide bonds. The van der Waals surface area contributed by atoms with Crippen LogP contribution in [0.1, 0.15) is 0 Å². The summed E-state index contributed by atoms with van der Waals surface area (Å²) in [4.78, 5) is 15.1. The number of hydrogen-bond donors (Lipinski definition) is 0. The predicted octanol–water partition coefficient (Wildman–Crippen LogP) is 11.9. The van der Waals surface area contributed by atoms with Gasteiger partial charge in [-0.3, -0.25) is 0 Å². The van der Waals surface area contributed by atoms with E-state index >= 15 is 0 Å². The molecule has 218 valence electrons. The third kappa shape index (κ3) is 4.09. The summed E-state index contributed by atoms with van der Waals surface area (Å²) in [6.07, 6.45) is 0. The summed E-state index contributed by atoms with van der Waals surface area (Å²) >= 11 is 1.84. The van der Waals surface area contributed by atoms with Crippen molar-refractivity contribution in [3.63, 3.8) is 0 Å². The molecule has 0 aliphatic heterocycles. The molecule has 0 spiro atoms. The van der Waals surface area contributed by atoms with Gasteiger partial charge in [-0.25, -0.2) is 15.0 Å². The predicted molar refractivity (Wildman–Crippen MR) is 199 cm³/mol. The highest BCUT2D eigenvalue weighted by atomic mass is 32.1. The average Bonchev–Trinajstić information content (AvgIpc) is 3.52. The molecular weight excluding hydrogens is 591 g/mol. The Balaban J connectivity index is 1.29. The molecule has 3 nitrogen and oxygen atoms in total. The maximum Gasteiger partial charge on any atom is 0.164 e. The fraction of sp³-hybridized carbons (Fsp3) is 0. The number of thiophene rings is 1. The van der Waals surface area contributed by atoms with Gasteiger partial charge in [0.2, 0.25) is 0 Å². The largest absolute Gasteiger partial charge is 0.208 e. The van der Waals surface area contributed by atoms with E-state index in [9.17, 15) is 0 Å². The van der Waals surface area contributed by atoms with E-state index in [0.29, 0.717) is 17.5 Å². The van der Waals surface area contributed by atoms with Crippen LogP contribution in [0.25, 0.3) is 97.4 Å². The summed E-state index contributed by atoms with van der Waals surface area (Å²) in [5.41, 5.74) is 2.94. The van der Waals surface area contributed by atoms with Crippen LogP contribution in [0.5, 0.6) is 0 Å². The van der Waals surface area contributed by atoms with Crippen molar-refractivity contribution in [1.82, 2.24) is 15.0 Å². The van der Waals surface area contributed by atoms with Gasteiger partial charge in [0.15, 0.2) is 17.5 Å². The van der Waals surface area contributed by atoms with Crippen LogP contribution >= 0.6 is 11.3 Å². The van der Waals surface area contributed by atoms with Gasteiger partial charge in [0.05, 0.1) is 0 Å². The van der Waals surface area contributed by atoms with Crippen molar-refractivity contribution in [3.05, 3.63) is 152 Å². The molecule has 47 heavy (non-hydrogen) atoms. The van der Waals surface area contributed by atoms with Crippen LogP contribution in [0.15, 0.2) is 152 Å². The van der Waals surface area contributed by atoms with E-state index < -0.39 is 0 Å². The van der Waals surface area contributed by atoms with Crippen molar-refractivity contribution in [2.45, 2.75) is 0 Å². The van der Waals surface area contributed by atoms with Gasteiger partial charge in [-0.1, -0.05) is 133 Å². The normalized spacial score (nSPS) is 11.8. The number of nitrogens with zero attached hydrogens (tertiary/aromatic N) is 3. The van der Waals surface area contributed by atoms with Gasteiger partial charge in [-0.15, -0.1) is 11.3 Å². The number of rotatable bonds is 3. The molecule has 0 saturated heterocycles. The lowest BCUT2D eigenvalue weighted by molar-refractivity contribution is 1.08. The second kappa shape index (κ2) is 10.3. The third-order valence-corrected chi connectivity index (χ3v) is 10.4. The lowest BCUT2D eigenvalue weighted by Crippen LogP contribution is -2.00. The first kappa shape index (κ1) is 26.3. The van der Waals surface area contributed by atoms with Gasteiger partial charge < -0.3 is 0 Å². The first-order chi connectivity index (χ1) is 23.3. The van der Waals surface area contributed by atoms with Crippen LogP contribution in [0.2, 0.25) is 0 Å². The van der Waals surface area contributed by atoms with E-state index in [1.165, 1.54) is 57.9 Å². The SMILES string of the molecule is c1ccc(-c2nc(-c3ccccc3)nc(-c3cc4sc5cc6c7ccccc7c7ccccc7c6cc5c4c4ccccc34)n2)cc1. The van der Waals surface area contributed by atoms with Gasteiger partial charge >= 0.3 is 0 Å². The minimum Gasteiger partial charge on any atom is -0.208 e. The minimum absolute atomic E-state index is 0.667. The fourth-order valence-electron chi connectivity index (χ4n) is 7.15. The Bertz CT molecular complexity index is 2780. The second-order valence-corrected chi connectivity index (χ2v) is 13.1. The standard InChI is InChI=1S/C43H25N3S/c1-3-13-26(14-4-1)41-44-42(27-15-5-2-6-16-27)46-43(45-41)36-25-39-40(33-22-12-11-21-32(33)36)37-23-34-30-19-9-7-17-28(30)29-18-8-10-20-31(29)35(34)24-38(37)47-39/h1-25H. The molecule has 2 heterocycles. The van der Waals surface area contributed by atoms with Gasteiger partial charge in [-0.05, 0) is 61.3 Å². The summed E-state index contributed by atoms with van der Waals surface area (Å²) in [5, 5.41) is 12.6. The second-order valence-electron chi connectivity index (χ2n) is 12.0. The van der Waals surface area contributed by atoms with E-state index in [-0.39, 0.29) is 0 Å². The topological polar surface area (TPSA) is 38.7 Å². The zero-order chi connectivity index (χ0) is 30.9. The molecular formula is C43H25N3S. The molecule has 8 aromatic carbocycles. The first-order valence-electron chi connectivity index (χ1n) is 15.8. The minimum atomic E-state index is 0.667. The number of fused-ring (bicyclic) bond motifs is 11. The molecule has 2 aromatic heterocycles. The van der Waals surface area contributed by atoms with E-state index in [4.69, 9.17) is 15.0 Å². The summed E-state index contributed by atoms with van der Waals surface area (Å²) in [6.45, 7) is 0. The van der Waals surface area contributed by atoms with Gasteiger partial charge in [0.25, 0.3) is 0 Å². The van der Waals surface area contributed by atoms with Crippen LogP contribution in [-0.4, -0.2) is 15.0 Å². The smallest absolute Gasteiger partial charge is 0.164 e. The Morgan fingerprint density at radius 3 is 1.34 bits per heavy atom. The molecule has 0 aliphatic rings. The van der Waals surface area contributed by atoms with Crippen LogP contribution in [0, 0.1) is 0 Å². The van der Waals surface area contributed by atoms with Gasteiger partial charge in [0, 0.05) is 36.9 Å². The monoisotopic (exact) mass is 615 g/mol. The fourth-order valence-corrected chi connectivity index (χ4v) is 8.33. The van der Waals surface area contributed by atoms with Crippen molar-refractivity contribution in [3.8, 4) is 34.2 Å². The molecule has 0 aliphatic carbocycles. The van der Waals surface area contributed by atoms with E-state index in [2.05, 4.69) is 115 Å². The molecule has 0 bridgehead atoms. The highest BCUT2D eigenvalue weighted by Crippen LogP contribution is 2.46. The number of benzene rings is 8. The molecule has 0 saturated carbocycles. The van der Waals surface area contributed by atoms with Gasteiger partial charge in [-0.2, -0.15) is 0 Å². The first-order valence-corrected chi connectivity index (χ1v) is 16.6. The lowest BCUT2D eigenvalue weighted by Gasteiger charge is -2.12. The summed E-state index contributed by atoms with van der Waals surface area (Å²) < 4.78 is 2.50. The lowest BCUT2D eigenvalue weighted by atomic mass is 9.92. The zero-order valence-electron chi connectivity index (χ0n) is 25.2. The van der Waals surface area contributed by atoms with Crippen molar-refractivity contribution in [1.29, 1.82) is 0 Å². The highest BCUT2D eigenvalue weighted by Gasteiger charge is 2.19. The Kier molecular flexibility index (Phi) is 5.74. The van der Waals surface area contributed by atoms with Crippen LogP contribution in [0.4, 0.5) is 0 Å². The molecule has 0 unspecified atom stereocenters. The van der Waals surface area contributed by atoms with Crippen LogP contribution < -0.4 is 0 Å². The molecule has 10 aromatic rings. The summed E-state index contributed by atoms with van der Waals surface area (Å²) in [5.74, 6) is 2.01. The van der Waals surface area contributed by atoms with Crippen molar-refractivity contribution in [2.24, 2.45) is 0 Å². The van der Waals surface area contributed by atoms with Gasteiger partial charge in [0.1, 0.15) is 0 Å². The quantitative estimate of drug-likeness (QED) is 0.186. The maximum atomic E-state index is 5.11. The average molecular weight is 616 g/mol. The Labute approximate surface area is 274 Å². The highest BCUT2D eigenvalue weighted by molar-refractivity contribution is 7.26. The third-order valence-electron chi connectivity index (χ3n) is 9.28. The van der Waals surface area contributed by atoms with E-state index in [0.717, 1.165) is 22.1 Å². The summed E-state index contributed by atoms with van der Waals surface area (Å²) in [7, 11) is 0.